The van der Waals surface area contributed by atoms with Gasteiger partial charge in [-0.2, -0.15) is 0 Å². The number of rotatable bonds is 4. The van der Waals surface area contributed by atoms with Crippen LogP contribution in [0.5, 0.6) is 0 Å². The molecule has 4 heteroatoms. The fraction of sp³-hybridized carbons (Fsp3) is 0.105. The van der Waals surface area contributed by atoms with Gasteiger partial charge in [-0.05, 0) is 60.7 Å². The normalized spacial score (nSPS) is 11.1. The third-order valence-electron chi connectivity index (χ3n) is 3.60. The van der Waals surface area contributed by atoms with E-state index in [1.165, 1.54) is 5.69 Å². The molecule has 0 aliphatic heterocycles. The van der Waals surface area contributed by atoms with Crippen LogP contribution in [-0.4, -0.2) is 24.9 Å². The average molecular weight is 368 g/mol. The van der Waals surface area contributed by atoms with Gasteiger partial charge in [0.1, 0.15) is 0 Å². The lowest BCUT2D eigenvalue weighted by atomic mass is 10.2. The average Bonchev–Trinajstić information content (AvgIpc) is 3.02. The van der Waals surface area contributed by atoms with Crippen LogP contribution in [0.15, 0.2) is 76.3 Å². The number of aliphatic imine (C=N–C) groups is 1. The zero-order chi connectivity index (χ0) is 16.2. The minimum absolute atomic E-state index is 0.944. The van der Waals surface area contributed by atoms with Crippen molar-refractivity contribution in [2.24, 2.45) is 4.99 Å². The summed E-state index contributed by atoms with van der Waals surface area (Å²) < 4.78 is 3.19. The summed E-state index contributed by atoms with van der Waals surface area (Å²) in [5, 5.41) is 0. The van der Waals surface area contributed by atoms with E-state index >= 15 is 0 Å². The first-order valence-corrected chi connectivity index (χ1v) is 8.17. The van der Waals surface area contributed by atoms with Gasteiger partial charge in [0.15, 0.2) is 0 Å². The van der Waals surface area contributed by atoms with Gasteiger partial charge in [-0.15, -0.1) is 0 Å². The highest BCUT2D eigenvalue weighted by molar-refractivity contribution is 9.10. The molecule has 3 nitrogen and oxygen atoms in total. The summed E-state index contributed by atoms with van der Waals surface area (Å²) in [5.41, 5.74) is 4.27. The summed E-state index contributed by atoms with van der Waals surface area (Å²) in [6.45, 7) is 0. The highest BCUT2D eigenvalue weighted by atomic mass is 79.9. The molecule has 0 aliphatic carbocycles. The van der Waals surface area contributed by atoms with Gasteiger partial charge < -0.3 is 9.47 Å². The van der Waals surface area contributed by atoms with Gasteiger partial charge in [-0.3, -0.25) is 4.99 Å². The van der Waals surface area contributed by atoms with Crippen molar-refractivity contribution < 1.29 is 0 Å². The lowest BCUT2D eigenvalue weighted by molar-refractivity contribution is 1.07. The van der Waals surface area contributed by atoms with Crippen LogP contribution in [0.1, 0.15) is 5.69 Å². The number of nitrogens with zero attached hydrogens (tertiary/aromatic N) is 3. The van der Waals surface area contributed by atoms with Gasteiger partial charge in [0.05, 0.1) is 17.6 Å². The monoisotopic (exact) mass is 367 g/mol. The molecule has 116 valence electrons. The predicted molar refractivity (Wildman–Crippen MR) is 101 cm³/mol. The Morgan fingerprint density at radius 2 is 1.65 bits per heavy atom. The van der Waals surface area contributed by atoms with Crippen LogP contribution < -0.4 is 4.90 Å². The van der Waals surface area contributed by atoms with Crippen LogP contribution >= 0.6 is 15.9 Å². The summed E-state index contributed by atoms with van der Waals surface area (Å²) in [4.78, 5) is 6.65. The van der Waals surface area contributed by atoms with Crippen molar-refractivity contribution in [2.45, 2.75) is 0 Å². The van der Waals surface area contributed by atoms with Crippen molar-refractivity contribution in [3.63, 3.8) is 0 Å². The summed E-state index contributed by atoms with van der Waals surface area (Å²) in [5.74, 6) is 0. The minimum Gasteiger partial charge on any atom is -0.378 e. The summed E-state index contributed by atoms with van der Waals surface area (Å²) in [6, 6.07) is 20.5. The summed E-state index contributed by atoms with van der Waals surface area (Å²) in [7, 11) is 4.06. The molecule has 0 radical (unpaired) electrons. The molecule has 0 saturated heterocycles. The van der Waals surface area contributed by atoms with Crippen molar-refractivity contribution in [1.29, 1.82) is 0 Å². The number of anilines is 1. The Balaban J connectivity index is 1.83. The van der Waals surface area contributed by atoms with Crippen LogP contribution in [0.4, 0.5) is 11.4 Å². The maximum absolute atomic E-state index is 4.58. The number of halogens is 1. The van der Waals surface area contributed by atoms with E-state index in [-0.39, 0.29) is 0 Å². The molecule has 0 spiro atoms. The molecule has 0 bridgehead atoms. The molecule has 2 aromatic carbocycles. The lowest BCUT2D eigenvalue weighted by Crippen LogP contribution is -2.07. The summed E-state index contributed by atoms with van der Waals surface area (Å²) in [6.07, 6.45) is 3.94. The second kappa shape index (κ2) is 6.84. The summed E-state index contributed by atoms with van der Waals surface area (Å²) >= 11 is 3.47. The number of aromatic nitrogens is 1. The first kappa shape index (κ1) is 15.6. The standard InChI is InChI=1S/C19H18BrN3/c1-22(2)17-11-7-16(8-12-17)21-14-19-4-3-13-23(19)18-9-5-15(20)6-10-18/h3-14H,1-2H3. The molecule has 23 heavy (non-hydrogen) atoms. The van der Waals surface area contributed by atoms with Gasteiger partial charge in [0.2, 0.25) is 0 Å². The van der Waals surface area contributed by atoms with Gasteiger partial charge in [0, 0.05) is 36.1 Å². The smallest absolute Gasteiger partial charge is 0.0639 e. The van der Waals surface area contributed by atoms with E-state index in [4.69, 9.17) is 0 Å². The molecule has 1 aromatic heterocycles. The van der Waals surface area contributed by atoms with Crippen molar-refractivity contribution in [3.05, 3.63) is 77.0 Å². The molecule has 0 atom stereocenters. The molecule has 0 unspecified atom stereocenters. The second-order valence-electron chi connectivity index (χ2n) is 5.45. The fourth-order valence-electron chi connectivity index (χ4n) is 2.31. The van der Waals surface area contributed by atoms with Gasteiger partial charge in [-0.1, -0.05) is 15.9 Å². The van der Waals surface area contributed by atoms with Crippen LogP contribution in [-0.2, 0) is 0 Å². The maximum Gasteiger partial charge on any atom is 0.0639 e. The lowest BCUT2D eigenvalue weighted by Gasteiger charge is -2.11. The van der Waals surface area contributed by atoms with Crippen molar-refractivity contribution >= 4 is 33.5 Å². The molecule has 0 N–H and O–H groups in total. The first-order valence-electron chi connectivity index (χ1n) is 7.38. The number of hydrogen-bond acceptors (Lipinski definition) is 2. The topological polar surface area (TPSA) is 20.5 Å². The van der Waals surface area contributed by atoms with E-state index in [0.29, 0.717) is 0 Å². The molecule has 0 saturated carbocycles. The van der Waals surface area contributed by atoms with Crippen molar-refractivity contribution in [3.8, 4) is 5.69 Å². The highest BCUT2D eigenvalue weighted by Crippen LogP contribution is 2.19. The van der Waals surface area contributed by atoms with E-state index in [9.17, 15) is 0 Å². The molecule has 3 aromatic rings. The van der Waals surface area contributed by atoms with Gasteiger partial charge in [0.25, 0.3) is 0 Å². The van der Waals surface area contributed by atoms with Crippen LogP contribution in [0.3, 0.4) is 0 Å². The molecule has 0 aliphatic rings. The second-order valence-corrected chi connectivity index (χ2v) is 6.36. The molecule has 1 heterocycles. The maximum atomic E-state index is 4.58. The third kappa shape index (κ3) is 3.71. The molecular formula is C19H18BrN3. The zero-order valence-corrected chi connectivity index (χ0v) is 14.7. The Kier molecular flexibility index (Phi) is 4.63. The van der Waals surface area contributed by atoms with E-state index in [2.05, 4.69) is 60.7 Å². The van der Waals surface area contributed by atoms with Crippen molar-refractivity contribution in [1.82, 2.24) is 4.57 Å². The Morgan fingerprint density at radius 3 is 2.30 bits per heavy atom. The third-order valence-corrected chi connectivity index (χ3v) is 4.13. The Labute approximate surface area is 145 Å². The highest BCUT2D eigenvalue weighted by Gasteiger charge is 2.01. The number of hydrogen-bond donors (Lipinski definition) is 0. The fourth-order valence-corrected chi connectivity index (χ4v) is 2.58. The van der Waals surface area contributed by atoms with Crippen LogP contribution in [0.2, 0.25) is 0 Å². The molecule has 0 fully saturated rings. The van der Waals surface area contributed by atoms with E-state index < -0.39 is 0 Å². The van der Waals surface area contributed by atoms with E-state index in [1.54, 1.807) is 0 Å². The minimum atomic E-state index is 0.944. The van der Waals surface area contributed by atoms with Crippen LogP contribution in [0, 0.1) is 0 Å². The Hall–Kier alpha value is -2.33. The zero-order valence-electron chi connectivity index (χ0n) is 13.1. The molecule has 0 amide bonds. The van der Waals surface area contributed by atoms with E-state index in [1.807, 2.05) is 56.8 Å². The quantitative estimate of drug-likeness (QED) is 0.590. The first-order chi connectivity index (χ1) is 11.1. The Bertz CT molecular complexity index is 799. The Morgan fingerprint density at radius 1 is 0.957 bits per heavy atom. The van der Waals surface area contributed by atoms with Crippen LogP contribution in [0.25, 0.3) is 5.69 Å². The van der Waals surface area contributed by atoms with E-state index in [0.717, 1.165) is 21.5 Å². The van der Waals surface area contributed by atoms with Gasteiger partial charge >= 0.3 is 0 Å². The predicted octanol–water partition coefficient (Wildman–Crippen LogP) is 5.06. The van der Waals surface area contributed by atoms with Gasteiger partial charge in [-0.25, -0.2) is 0 Å². The SMILES string of the molecule is CN(C)c1ccc(N=Cc2cccn2-c2ccc(Br)cc2)cc1. The molecular weight excluding hydrogens is 350 g/mol. The molecule has 3 rings (SSSR count). The van der Waals surface area contributed by atoms with Crippen molar-refractivity contribution in [2.75, 3.05) is 19.0 Å². The largest absolute Gasteiger partial charge is 0.378 e. The number of benzene rings is 2.